The first-order valence-corrected chi connectivity index (χ1v) is 9.06. The lowest BCUT2D eigenvalue weighted by atomic mass is 10.2. The van der Waals surface area contributed by atoms with Crippen molar-refractivity contribution in [3.05, 3.63) is 17.8 Å². The average Bonchev–Trinajstić information content (AvgIpc) is 3.19. The minimum Gasteiger partial charge on any atom is -0.356 e. The van der Waals surface area contributed by atoms with Crippen molar-refractivity contribution < 1.29 is 21.6 Å². The van der Waals surface area contributed by atoms with E-state index in [1.54, 1.807) is 4.90 Å². The molecule has 0 N–H and O–H groups in total. The van der Waals surface area contributed by atoms with E-state index < -0.39 is 21.8 Å². The molecule has 9 heteroatoms. The highest BCUT2D eigenvalue weighted by Gasteiger charge is 2.38. The molecule has 1 aromatic heterocycles. The molecule has 0 aliphatic carbocycles. The Kier molecular flexibility index (Phi) is 4.26. The number of nitrogens with zero attached hydrogens (tertiary/aromatic N) is 3. The third-order valence-electron chi connectivity index (χ3n) is 4.26. The van der Waals surface area contributed by atoms with Crippen LogP contribution in [0.15, 0.2) is 17.2 Å². The van der Waals surface area contributed by atoms with Gasteiger partial charge in [0.05, 0.1) is 5.56 Å². The fourth-order valence-electron chi connectivity index (χ4n) is 3.05. The van der Waals surface area contributed by atoms with Crippen LogP contribution in [0.3, 0.4) is 0 Å². The van der Waals surface area contributed by atoms with Gasteiger partial charge < -0.3 is 4.90 Å². The summed E-state index contributed by atoms with van der Waals surface area (Å²) in [5.74, 6) is -0.171. The third-order valence-corrected chi connectivity index (χ3v) is 6.12. The first kappa shape index (κ1) is 16.5. The summed E-state index contributed by atoms with van der Waals surface area (Å²) in [6.07, 6.45) is -0.507. The molecule has 1 aromatic rings. The first-order valence-electron chi connectivity index (χ1n) is 7.62. The third kappa shape index (κ3) is 3.16. The Morgan fingerprint density at radius 3 is 2.13 bits per heavy atom. The minimum absolute atomic E-state index is 0.171. The lowest BCUT2D eigenvalue weighted by molar-refractivity contribution is -0.137. The molecule has 0 atom stereocenters. The monoisotopic (exact) mass is 349 g/mol. The van der Waals surface area contributed by atoms with Gasteiger partial charge in [-0.2, -0.15) is 17.5 Å². The fraction of sp³-hybridized carbons (Fsp3) is 0.643. The number of rotatable bonds is 3. The number of pyridine rings is 1. The van der Waals surface area contributed by atoms with Gasteiger partial charge in [-0.15, -0.1) is 0 Å². The van der Waals surface area contributed by atoms with Crippen LogP contribution in [0.5, 0.6) is 0 Å². The number of hydrogen-bond donors (Lipinski definition) is 0. The molecule has 0 saturated carbocycles. The molecule has 0 aromatic carbocycles. The van der Waals surface area contributed by atoms with Gasteiger partial charge in [0.1, 0.15) is 10.7 Å². The van der Waals surface area contributed by atoms with Crippen molar-refractivity contribution in [3.8, 4) is 0 Å². The number of hydrogen-bond acceptors (Lipinski definition) is 4. The SMILES string of the molecule is O=S(=O)(c1cnc(N2CCCC2)c(C(F)(F)F)c1)N1CCCC1. The molecule has 0 unspecified atom stereocenters. The highest BCUT2D eigenvalue weighted by Crippen LogP contribution is 2.38. The molecule has 3 rings (SSSR count). The Bertz CT molecular complexity index is 679. The van der Waals surface area contributed by atoms with Gasteiger partial charge in [0.15, 0.2) is 0 Å². The van der Waals surface area contributed by atoms with Crippen LogP contribution in [0.25, 0.3) is 0 Å². The standard InChI is InChI=1S/C14H18F3N3O2S/c15-14(16,17)12-9-11(23(21,22)20-7-3-4-8-20)10-18-13(12)19-5-1-2-6-19/h9-10H,1-8H2. The minimum atomic E-state index is -4.64. The number of halogens is 3. The molecule has 128 valence electrons. The molecule has 0 amide bonds. The first-order chi connectivity index (χ1) is 10.8. The molecule has 0 bridgehead atoms. The Morgan fingerprint density at radius 1 is 1.00 bits per heavy atom. The van der Waals surface area contributed by atoms with E-state index in [1.807, 2.05) is 0 Å². The van der Waals surface area contributed by atoms with Gasteiger partial charge in [0, 0.05) is 32.4 Å². The van der Waals surface area contributed by atoms with Crippen LogP contribution in [0.2, 0.25) is 0 Å². The van der Waals surface area contributed by atoms with E-state index in [2.05, 4.69) is 4.98 Å². The van der Waals surface area contributed by atoms with E-state index in [9.17, 15) is 21.6 Å². The van der Waals surface area contributed by atoms with Gasteiger partial charge in [0.25, 0.3) is 0 Å². The van der Waals surface area contributed by atoms with E-state index in [0.717, 1.165) is 37.9 Å². The lowest BCUT2D eigenvalue weighted by Crippen LogP contribution is -2.29. The summed E-state index contributed by atoms with van der Waals surface area (Å²) in [6.45, 7) is 1.71. The second-order valence-corrected chi connectivity index (χ2v) is 7.78. The molecule has 0 radical (unpaired) electrons. The van der Waals surface area contributed by atoms with E-state index in [-0.39, 0.29) is 10.7 Å². The van der Waals surface area contributed by atoms with E-state index in [4.69, 9.17) is 0 Å². The second-order valence-electron chi connectivity index (χ2n) is 5.85. The zero-order valence-corrected chi connectivity index (χ0v) is 13.3. The fourth-order valence-corrected chi connectivity index (χ4v) is 4.54. The van der Waals surface area contributed by atoms with Gasteiger partial charge in [-0.3, -0.25) is 0 Å². The van der Waals surface area contributed by atoms with Gasteiger partial charge in [0.2, 0.25) is 10.0 Å². The summed E-state index contributed by atoms with van der Waals surface area (Å²) in [5, 5.41) is 0. The Balaban J connectivity index is 2.03. The molecule has 2 aliphatic rings. The number of anilines is 1. The van der Waals surface area contributed by atoms with Crippen LogP contribution < -0.4 is 4.90 Å². The summed E-state index contributed by atoms with van der Waals surface area (Å²) < 4.78 is 66.2. The lowest BCUT2D eigenvalue weighted by Gasteiger charge is -2.23. The van der Waals surface area contributed by atoms with Crippen LogP contribution in [-0.4, -0.2) is 43.9 Å². The van der Waals surface area contributed by atoms with Crippen molar-refractivity contribution >= 4 is 15.8 Å². The van der Waals surface area contributed by atoms with Gasteiger partial charge in [-0.25, -0.2) is 13.4 Å². The largest absolute Gasteiger partial charge is 0.420 e. The molecular formula is C14H18F3N3O2S. The highest BCUT2D eigenvalue weighted by atomic mass is 32.2. The van der Waals surface area contributed by atoms with Crippen LogP contribution in [-0.2, 0) is 16.2 Å². The van der Waals surface area contributed by atoms with Gasteiger partial charge >= 0.3 is 6.18 Å². The smallest absolute Gasteiger partial charge is 0.356 e. The van der Waals surface area contributed by atoms with Crippen LogP contribution in [0.4, 0.5) is 19.0 Å². The summed E-state index contributed by atoms with van der Waals surface area (Å²) >= 11 is 0. The molecule has 23 heavy (non-hydrogen) atoms. The molecule has 0 spiro atoms. The quantitative estimate of drug-likeness (QED) is 0.841. The number of sulfonamides is 1. The summed E-state index contributed by atoms with van der Waals surface area (Å²) in [6, 6.07) is 0.730. The topological polar surface area (TPSA) is 53.5 Å². The summed E-state index contributed by atoms with van der Waals surface area (Å²) in [5.41, 5.74) is -0.973. The average molecular weight is 349 g/mol. The van der Waals surface area contributed by atoms with Crippen molar-refractivity contribution in [2.75, 3.05) is 31.1 Å². The Morgan fingerprint density at radius 2 is 1.57 bits per heavy atom. The summed E-state index contributed by atoms with van der Waals surface area (Å²) in [7, 11) is -3.91. The van der Waals surface area contributed by atoms with E-state index >= 15 is 0 Å². The molecule has 2 fully saturated rings. The molecular weight excluding hydrogens is 331 g/mol. The van der Waals surface area contributed by atoms with Crippen LogP contribution >= 0.6 is 0 Å². The van der Waals surface area contributed by atoms with Crippen molar-refractivity contribution in [2.24, 2.45) is 0 Å². The maximum Gasteiger partial charge on any atom is 0.420 e. The van der Waals surface area contributed by atoms with Crippen LogP contribution in [0.1, 0.15) is 31.2 Å². The van der Waals surface area contributed by atoms with Gasteiger partial charge in [-0.05, 0) is 31.7 Å². The molecule has 2 aliphatic heterocycles. The molecule has 3 heterocycles. The summed E-state index contributed by atoms with van der Waals surface area (Å²) in [4.78, 5) is 5.05. The Labute approximate surface area is 133 Å². The van der Waals surface area contributed by atoms with E-state index in [0.29, 0.717) is 26.2 Å². The normalized spacial score (nSPS) is 20.4. The van der Waals surface area contributed by atoms with Gasteiger partial charge in [-0.1, -0.05) is 0 Å². The zero-order valence-electron chi connectivity index (χ0n) is 12.5. The van der Waals surface area contributed by atoms with Crippen LogP contribution in [0, 0.1) is 0 Å². The van der Waals surface area contributed by atoms with Crippen molar-refractivity contribution in [1.29, 1.82) is 0 Å². The predicted molar refractivity (Wildman–Crippen MR) is 78.7 cm³/mol. The van der Waals surface area contributed by atoms with Crippen molar-refractivity contribution in [2.45, 2.75) is 36.8 Å². The number of alkyl halides is 3. The maximum atomic E-state index is 13.4. The van der Waals surface area contributed by atoms with Crippen molar-refractivity contribution in [1.82, 2.24) is 9.29 Å². The highest BCUT2D eigenvalue weighted by molar-refractivity contribution is 7.89. The maximum absolute atomic E-state index is 13.4. The Hall–Kier alpha value is -1.35. The number of aromatic nitrogens is 1. The van der Waals surface area contributed by atoms with Crippen molar-refractivity contribution in [3.63, 3.8) is 0 Å². The van der Waals surface area contributed by atoms with E-state index in [1.165, 1.54) is 4.31 Å². The molecule has 5 nitrogen and oxygen atoms in total. The second kappa shape index (κ2) is 5.94. The predicted octanol–water partition coefficient (Wildman–Crippen LogP) is 2.49. The molecule has 2 saturated heterocycles. The zero-order chi connectivity index (χ0) is 16.7.